The van der Waals surface area contributed by atoms with Crippen molar-refractivity contribution < 1.29 is 17.9 Å². The van der Waals surface area contributed by atoms with E-state index in [-0.39, 0.29) is 21.8 Å². The highest BCUT2D eigenvalue weighted by atomic mass is 32.2. The number of fused-ring (bicyclic) bond motifs is 1. The molecule has 0 radical (unpaired) electrons. The summed E-state index contributed by atoms with van der Waals surface area (Å²) in [4.78, 5) is 32.1. The lowest BCUT2D eigenvalue weighted by atomic mass is 10.1. The molecule has 8 nitrogen and oxygen atoms in total. The van der Waals surface area contributed by atoms with E-state index in [1.165, 1.54) is 12.1 Å². The van der Waals surface area contributed by atoms with Crippen molar-refractivity contribution in [1.29, 1.82) is 0 Å². The van der Waals surface area contributed by atoms with Crippen LogP contribution in [-0.4, -0.2) is 24.4 Å². The first kappa shape index (κ1) is 23.2. The minimum Gasteiger partial charge on any atom is -0.451 e. The molecule has 1 atom stereocenters. The highest BCUT2D eigenvalue weighted by Crippen LogP contribution is 2.23. The molecule has 3 aromatic carbocycles. The highest BCUT2D eigenvalue weighted by molar-refractivity contribution is 7.92. The molecular formula is C25H23N3O5S. The Balaban J connectivity index is 1.58. The molecule has 4 rings (SSSR count). The average molecular weight is 478 g/mol. The van der Waals surface area contributed by atoms with Gasteiger partial charge in [0, 0.05) is 5.69 Å². The number of sulfonamides is 1. The van der Waals surface area contributed by atoms with Crippen LogP contribution < -0.4 is 10.3 Å². The first-order valence-electron chi connectivity index (χ1n) is 10.5. The number of anilines is 1. The minimum atomic E-state index is -3.94. The predicted octanol–water partition coefficient (Wildman–Crippen LogP) is 4.26. The van der Waals surface area contributed by atoms with Crippen LogP contribution in [0.1, 0.15) is 40.3 Å². The summed E-state index contributed by atoms with van der Waals surface area (Å²) in [6.07, 6.45) is -0.864. The van der Waals surface area contributed by atoms with E-state index >= 15 is 0 Å². The topological polar surface area (TPSA) is 118 Å². The van der Waals surface area contributed by atoms with Crippen LogP contribution in [0.5, 0.6) is 0 Å². The van der Waals surface area contributed by atoms with Crippen molar-refractivity contribution >= 4 is 32.6 Å². The number of aromatic nitrogens is 2. The van der Waals surface area contributed by atoms with Gasteiger partial charge in [0.05, 0.1) is 21.4 Å². The number of aryl methyl sites for hydroxylation is 2. The zero-order chi connectivity index (χ0) is 24.5. The molecule has 2 N–H and O–H groups in total. The molecule has 34 heavy (non-hydrogen) atoms. The Morgan fingerprint density at radius 3 is 2.56 bits per heavy atom. The molecule has 0 aliphatic carbocycles. The fourth-order valence-electron chi connectivity index (χ4n) is 3.52. The second kappa shape index (κ2) is 9.11. The maximum absolute atomic E-state index is 13.0. The molecule has 0 saturated heterocycles. The average Bonchev–Trinajstić information content (AvgIpc) is 2.78. The molecular weight excluding hydrogens is 454 g/mol. The van der Waals surface area contributed by atoms with Crippen LogP contribution in [0.4, 0.5) is 5.69 Å². The Morgan fingerprint density at radius 2 is 1.79 bits per heavy atom. The number of benzene rings is 3. The summed E-state index contributed by atoms with van der Waals surface area (Å²) in [6.45, 7) is 5.08. The lowest BCUT2D eigenvalue weighted by molar-refractivity contribution is 0.0319. The molecule has 1 unspecified atom stereocenters. The maximum Gasteiger partial charge on any atom is 0.338 e. The molecule has 1 heterocycles. The molecule has 9 heteroatoms. The van der Waals surface area contributed by atoms with Crippen LogP contribution in [0.3, 0.4) is 0 Å². The zero-order valence-corrected chi connectivity index (χ0v) is 19.6. The third-order valence-corrected chi connectivity index (χ3v) is 6.81. The Labute approximate surface area is 196 Å². The first-order valence-corrected chi connectivity index (χ1v) is 12.0. The number of hydrogen-bond acceptors (Lipinski definition) is 6. The Morgan fingerprint density at radius 1 is 1.03 bits per heavy atom. The number of rotatable bonds is 6. The van der Waals surface area contributed by atoms with Gasteiger partial charge in [0.1, 0.15) is 0 Å². The number of H-pyrrole nitrogens is 1. The van der Waals surface area contributed by atoms with Crippen LogP contribution >= 0.6 is 0 Å². The number of ether oxygens (including phenoxy) is 1. The number of nitrogens with zero attached hydrogens (tertiary/aromatic N) is 1. The van der Waals surface area contributed by atoms with Crippen LogP contribution in [0, 0.1) is 13.8 Å². The second-order valence-corrected chi connectivity index (χ2v) is 9.62. The van der Waals surface area contributed by atoms with Crippen LogP contribution in [0.25, 0.3) is 10.9 Å². The normalized spacial score (nSPS) is 12.3. The summed E-state index contributed by atoms with van der Waals surface area (Å²) < 4.78 is 34.0. The summed E-state index contributed by atoms with van der Waals surface area (Å²) in [7, 11) is -3.94. The molecule has 0 fully saturated rings. The molecule has 0 bridgehead atoms. The number of carbonyl (C=O) groups is 1. The van der Waals surface area contributed by atoms with Crippen molar-refractivity contribution in [1.82, 2.24) is 9.97 Å². The van der Waals surface area contributed by atoms with Crippen molar-refractivity contribution in [3.8, 4) is 0 Å². The van der Waals surface area contributed by atoms with Gasteiger partial charge >= 0.3 is 5.97 Å². The van der Waals surface area contributed by atoms with E-state index in [0.717, 1.165) is 5.56 Å². The van der Waals surface area contributed by atoms with Crippen molar-refractivity contribution in [3.05, 3.63) is 99.6 Å². The summed E-state index contributed by atoms with van der Waals surface area (Å²) >= 11 is 0. The van der Waals surface area contributed by atoms with Crippen molar-refractivity contribution in [2.24, 2.45) is 0 Å². The Hall–Kier alpha value is -3.98. The van der Waals surface area contributed by atoms with E-state index in [1.54, 1.807) is 62.4 Å². The number of aromatic amines is 1. The van der Waals surface area contributed by atoms with Crippen molar-refractivity contribution in [3.63, 3.8) is 0 Å². The largest absolute Gasteiger partial charge is 0.451 e. The second-order valence-electron chi connectivity index (χ2n) is 7.97. The monoisotopic (exact) mass is 477 g/mol. The number of nitrogens with one attached hydrogen (secondary N) is 2. The van der Waals surface area contributed by atoms with Gasteiger partial charge in [-0.25, -0.2) is 18.2 Å². The SMILES string of the molecule is Cc1cccc(NS(=O)(=O)c2cc(C(=O)OC(C)c3nc4ccccc4c(=O)[nH]3)ccc2C)c1. The lowest BCUT2D eigenvalue weighted by Gasteiger charge is -2.15. The Kier molecular flexibility index (Phi) is 6.21. The van der Waals surface area contributed by atoms with E-state index in [2.05, 4.69) is 14.7 Å². The van der Waals surface area contributed by atoms with Gasteiger partial charge in [0.2, 0.25) is 0 Å². The van der Waals surface area contributed by atoms with Gasteiger partial charge in [-0.3, -0.25) is 9.52 Å². The fraction of sp³-hybridized carbons (Fsp3) is 0.160. The van der Waals surface area contributed by atoms with Crippen molar-refractivity contribution in [2.45, 2.75) is 31.8 Å². The number of esters is 1. The quantitative estimate of drug-likeness (QED) is 0.401. The van der Waals surface area contributed by atoms with Gasteiger partial charge in [-0.2, -0.15) is 0 Å². The van der Waals surface area contributed by atoms with E-state index in [0.29, 0.717) is 22.2 Å². The van der Waals surface area contributed by atoms with Gasteiger partial charge < -0.3 is 9.72 Å². The summed E-state index contributed by atoms with van der Waals surface area (Å²) in [6, 6.07) is 18.1. The molecule has 1 aromatic heterocycles. The summed E-state index contributed by atoms with van der Waals surface area (Å²) in [5.41, 5.74) is 2.01. The predicted molar refractivity (Wildman–Crippen MR) is 129 cm³/mol. The molecule has 0 aliphatic rings. The number of hydrogen-bond donors (Lipinski definition) is 2. The molecule has 0 aliphatic heterocycles. The summed E-state index contributed by atoms with van der Waals surface area (Å²) in [5, 5.41) is 0.430. The molecule has 0 spiro atoms. The van der Waals surface area contributed by atoms with Gasteiger partial charge in [-0.05, 0) is 68.3 Å². The van der Waals surface area contributed by atoms with Crippen LogP contribution in [0.15, 0.2) is 76.4 Å². The van der Waals surface area contributed by atoms with Crippen LogP contribution in [0.2, 0.25) is 0 Å². The van der Waals surface area contributed by atoms with Crippen LogP contribution in [-0.2, 0) is 14.8 Å². The third kappa shape index (κ3) is 4.84. The molecule has 0 amide bonds. The smallest absolute Gasteiger partial charge is 0.338 e. The maximum atomic E-state index is 13.0. The minimum absolute atomic E-state index is 0.0339. The van der Waals surface area contributed by atoms with Gasteiger partial charge in [0.15, 0.2) is 11.9 Å². The van der Waals surface area contributed by atoms with Crippen molar-refractivity contribution in [2.75, 3.05) is 4.72 Å². The van der Waals surface area contributed by atoms with Gasteiger partial charge in [-0.1, -0.05) is 30.3 Å². The van der Waals surface area contributed by atoms with Gasteiger partial charge in [-0.15, -0.1) is 0 Å². The number of para-hydroxylation sites is 1. The standard InChI is InChI=1S/C25H23N3O5S/c1-15-7-6-8-19(13-15)28-34(31,32)22-14-18(12-11-16(22)2)25(30)33-17(3)23-26-21-10-5-4-9-20(21)24(29)27-23/h4-14,17,28H,1-3H3,(H,26,27,29). The third-order valence-electron chi connectivity index (χ3n) is 5.28. The zero-order valence-electron chi connectivity index (χ0n) is 18.8. The molecule has 0 saturated carbocycles. The van der Waals surface area contributed by atoms with E-state index in [9.17, 15) is 18.0 Å². The molecule has 4 aromatic rings. The van der Waals surface area contributed by atoms with E-state index in [4.69, 9.17) is 4.74 Å². The number of carbonyl (C=O) groups excluding carboxylic acids is 1. The van der Waals surface area contributed by atoms with Gasteiger partial charge in [0.25, 0.3) is 15.6 Å². The molecule has 174 valence electrons. The van der Waals surface area contributed by atoms with E-state index < -0.39 is 22.1 Å². The Bertz CT molecular complexity index is 1560. The first-order chi connectivity index (χ1) is 16.1. The fourth-order valence-corrected chi connectivity index (χ4v) is 4.84. The highest BCUT2D eigenvalue weighted by Gasteiger charge is 2.22. The van der Waals surface area contributed by atoms with E-state index in [1.807, 2.05) is 13.0 Å². The summed E-state index contributed by atoms with van der Waals surface area (Å²) in [5.74, 6) is -0.548. The lowest BCUT2D eigenvalue weighted by Crippen LogP contribution is -2.18.